The van der Waals surface area contributed by atoms with E-state index in [0.29, 0.717) is 40.5 Å². The van der Waals surface area contributed by atoms with E-state index < -0.39 is 0 Å². The van der Waals surface area contributed by atoms with E-state index in [9.17, 15) is 0 Å². The highest BCUT2D eigenvalue weighted by Gasteiger charge is 2.16. The molecule has 1 aliphatic heterocycles. The van der Waals surface area contributed by atoms with Crippen molar-refractivity contribution in [3.8, 4) is 22.8 Å². The van der Waals surface area contributed by atoms with E-state index in [2.05, 4.69) is 10.3 Å². The fourth-order valence-corrected chi connectivity index (χ4v) is 2.69. The van der Waals surface area contributed by atoms with Gasteiger partial charge in [-0.2, -0.15) is 0 Å². The van der Waals surface area contributed by atoms with Crippen LogP contribution in [0.1, 0.15) is 6.92 Å². The molecule has 1 aliphatic rings. The van der Waals surface area contributed by atoms with Crippen molar-refractivity contribution >= 4 is 29.0 Å². The third-order valence-corrected chi connectivity index (χ3v) is 3.67. The molecule has 0 unspecified atom stereocenters. The molecule has 1 aromatic carbocycles. The van der Waals surface area contributed by atoms with Gasteiger partial charge < -0.3 is 14.8 Å². The lowest BCUT2D eigenvalue weighted by molar-refractivity contribution is 0.171. The molecule has 0 aliphatic carbocycles. The van der Waals surface area contributed by atoms with Gasteiger partial charge in [0.05, 0.1) is 15.7 Å². The number of nitrogens with zero attached hydrogens (tertiary/aromatic N) is 1. The first kappa shape index (κ1) is 14.3. The van der Waals surface area contributed by atoms with E-state index in [1.54, 1.807) is 6.07 Å². The minimum absolute atomic E-state index is 0.498. The molecule has 0 atom stereocenters. The van der Waals surface area contributed by atoms with E-state index in [0.717, 1.165) is 17.9 Å². The molecule has 0 bridgehead atoms. The Balaban J connectivity index is 2.05. The lowest BCUT2D eigenvalue weighted by Crippen LogP contribution is -2.15. The molecule has 1 aromatic heterocycles. The largest absolute Gasteiger partial charge is 0.486 e. The maximum Gasteiger partial charge on any atom is 0.162 e. The Bertz CT molecular complexity index is 677. The van der Waals surface area contributed by atoms with Crippen molar-refractivity contribution in [2.45, 2.75) is 6.92 Å². The van der Waals surface area contributed by atoms with E-state index >= 15 is 0 Å². The van der Waals surface area contributed by atoms with Gasteiger partial charge in [0, 0.05) is 12.1 Å². The Morgan fingerprint density at radius 1 is 1.10 bits per heavy atom. The Morgan fingerprint density at radius 3 is 2.62 bits per heavy atom. The number of anilines is 1. The molecule has 3 rings (SSSR count). The molecule has 6 heteroatoms. The Hall–Kier alpha value is -1.65. The summed E-state index contributed by atoms with van der Waals surface area (Å²) in [5.41, 5.74) is 1.52. The van der Waals surface area contributed by atoms with Crippen LogP contribution < -0.4 is 14.8 Å². The fraction of sp³-hybridized carbons (Fsp3) is 0.267. The topological polar surface area (TPSA) is 43.4 Å². The summed E-state index contributed by atoms with van der Waals surface area (Å²) in [7, 11) is 0. The van der Waals surface area contributed by atoms with Crippen LogP contribution in [0.25, 0.3) is 11.3 Å². The van der Waals surface area contributed by atoms with Crippen LogP contribution in [0.4, 0.5) is 5.82 Å². The van der Waals surface area contributed by atoms with Crippen LogP contribution in [0.15, 0.2) is 24.3 Å². The molecule has 0 spiro atoms. The first-order valence-corrected chi connectivity index (χ1v) is 7.44. The molecular formula is C15H14Cl2N2O2. The third-order valence-electron chi connectivity index (χ3n) is 3.09. The molecule has 0 fully saturated rings. The monoisotopic (exact) mass is 324 g/mol. The number of rotatable bonds is 3. The second kappa shape index (κ2) is 6.00. The minimum Gasteiger partial charge on any atom is -0.486 e. The number of ether oxygens (including phenoxy) is 2. The smallest absolute Gasteiger partial charge is 0.162 e. The maximum atomic E-state index is 6.27. The highest BCUT2D eigenvalue weighted by molar-refractivity contribution is 6.37. The average molecular weight is 325 g/mol. The molecule has 0 saturated carbocycles. The van der Waals surface area contributed by atoms with Crippen molar-refractivity contribution in [3.05, 3.63) is 34.3 Å². The second-order valence-corrected chi connectivity index (χ2v) is 5.35. The summed E-state index contributed by atoms with van der Waals surface area (Å²) in [5.74, 6) is 2.06. The van der Waals surface area contributed by atoms with Crippen LogP contribution in [0.5, 0.6) is 11.5 Å². The van der Waals surface area contributed by atoms with Gasteiger partial charge in [0.2, 0.25) is 0 Å². The molecule has 1 N–H and O–H groups in total. The first-order valence-electron chi connectivity index (χ1n) is 6.69. The molecule has 110 valence electrons. The summed E-state index contributed by atoms with van der Waals surface area (Å²) in [6.07, 6.45) is 0. The summed E-state index contributed by atoms with van der Waals surface area (Å²) in [4.78, 5) is 4.51. The summed E-state index contributed by atoms with van der Waals surface area (Å²) in [5, 5.41) is 4.12. The lowest BCUT2D eigenvalue weighted by atomic mass is 10.1. The fourth-order valence-electron chi connectivity index (χ4n) is 2.15. The molecule has 4 nitrogen and oxygen atoms in total. The van der Waals surface area contributed by atoms with E-state index in [-0.39, 0.29) is 0 Å². The van der Waals surface area contributed by atoms with Crippen molar-refractivity contribution < 1.29 is 9.47 Å². The number of hydrogen-bond acceptors (Lipinski definition) is 4. The second-order valence-electron chi connectivity index (χ2n) is 4.54. The van der Waals surface area contributed by atoms with Crippen molar-refractivity contribution in [3.63, 3.8) is 0 Å². The van der Waals surface area contributed by atoms with Gasteiger partial charge in [0.15, 0.2) is 11.5 Å². The van der Waals surface area contributed by atoms with Gasteiger partial charge in [0.25, 0.3) is 0 Å². The molecule has 0 amide bonds. The van der Waals surface area contributed by atoms with Gasteiger partial charge in [0.1, 0.15) is 19.0 Å². The predicted molar refractivity (Wildman–Crippen MR) is 84.8 cm³/mol. The molecule has 2 aromatic rings. The summed E-state index contributed by atoms with van der Waals surface area (Å²) >= 11 is 12.4. The molecule has 0 saturated heterocycles. The van der Waals surface area contributed by atoms with Crippen LogP contribution in [0.2, 0.25) is 10.0 Å². The summed E-state index contributed by atoms with van der Waals surface area (Å²) < 4.78 is 11.1. The summed E-state index contributed by atoms with van der Waals surface area (Å²) in [6.45, 7) is 3.82. The quantitative estimate of drug-likeness (QED) is 0.916. The van der Waals surface area contributed by atoms with Gasteiger partial charge in [-0.15, -0.1) is 0 Å². The minimum atomic E-state index is 0.498. The number of aromatic nitrogens is 1. The van der Waals surface area contributed by atoms with E-state index in [1.807, 2.05) is 25.1 Å². The van der Waals surface area contributed by atoms with Crippen molar-refractivity contribution in [2.75, 3.05) is 25.1 Å². The van der Waals surface area contributed by atoms with Crippen LogP contribution >= 0.6 is 23.2 Å². The highest BCUT2D eigenvalue weighted by atomic mass is 35.5. The first-order chi connectivity index (χ1) is 10.2. The zero-order valence-electron chi connectivity index (χ0n) is 11.5. The van der Waals surface area contributed by atoms with Crippen molar-refractivity contribution in [1.29, 1.82) is 0 Å². The predicted octanol–water partition coefficient (Wildman–Crippen LogP) is 4.26. The van der Waals surface area contributed by atoms with Crippen molar-refractivity contribution in [1.82, 2.24) is 4.98 Å². The number of halogens is 2. The molecule has 0 radical (unpaired) electrons. The van der Waals surface area contributed by atoms with Crippen LogP contribution in [-0.4, -0.2) is 24.7 Å². The standard InChI is InChI=1S/C15H14Cl2N2O2/c1-2-18-15-11(17)8-10(16)14(19-15)9-3-4-12-13(7-9)21-6-5-20-12/h3-4,7-8H,2,5-6H2,1H3,(H,18,19). The van der Waals surface area contributed by atoms with Crippen LogP contribution in [-0.2, 0) is 0 Å². The summed E-state index contributed by atoms with van der Waals surface area (Å²) in [6, 6.07) is 7.35. The Morgan fingerprint density at radius 2 is 1.86 bits per heavy atom. The van der Waals surface area contributed by atoms with Gasteiger partial charge in [-0.05, 0) is 31.2 Å². The van der Waals surface area contributed by atoms with E-state index in [4.69, 9.17) is 32.7 Å². The average Bonchev–Trinajstić information content (AvgIpc) is 2.49. The lowest BCUT2D eigenvalue weighted by Gasteiger charge is -2.19. The number of pyridine rings is 1. The highest BCUT2D eigenvalue weighted by Crippen LogP contribution is 2.37. The normalized spacial score (nSPS) is 13.1. The third kappa shape index (κ3) is 2.87. The number of nitrogens with one attached hydrogen (secondary N) is 1. The van der Waals surface area contributed by atoms with Crippen LogP contribution in [0.3, 0.4) is 0 Å². The van der Waals surface area contributed by atoms with Crippen molar-refractivity contribution in [2.24, 2.45) is 0 Å². The van der Waals surface area contributed by atoms with Crippen LogP contribution in [0, 0.1) is 0 Å². The Kier molecular flexibility index (Phi) is 4.08. The van der Waals surface area contributed by atoms with Gasteiger partial charge >= 0.3 is 0 Å². The number of benzene rings is 1. The van der Waals surface area contributed by atoms with Gasteiger partial charge in [-0.3, -0.25) is 0 Å². The Labute approximate surface area is 133 Å². The van der Waals surface area contributed by atoms with Gasteiger partial charge in [-0.25, -0.2) is 4.98 Å². The maximum absolute atomic E-state index is 6.27. The van der Waals surface area contributed by atoms with Gasteiger partial charge in [-0.1, -0.05) is 23.2 Å². The number of fused-ring (bicyclic) bond motifs is 1. The zero-order chi connectivity index (χ0) is 14.8. The molecular weight excluding hydrogens is 311 g/mol. The molecule has 2 heterocycles. The number of hydrogen-bond donors (Lipinski definition) is 1. The SMILES string of the molecule is CCNc1nc(-c2ccc3c(c2)OCCO3)c(Cl)cc1Cl. The molecule has 21 heavy (non-hydrogen) atoms. The zero-order valence-corrected chi connectivity index (χ0v) is 13.0. The van der Waals surface area contributed by atoms with E-state index in [1.165, 1.54) is 0 Å².